The predicted molar refractivity (Wildman–Crippen MR) is 96.9 cm³/mol. The van der Waals surface area contributed by atoms with Gasteiger partial charge in [0.25, 0.3) is 0 Å². The number of nitrogens with one attached hydrogen (secondary N) is 2. The predicted octanol–water partition coefficient (Wildman–Crippen LogP) is 4.15. The van der Waals surface area contributed by atoms with E-state index in [0.29, 0.717) is 11.5 Å². The van der Waals surface area contributed by atoms with Crippen LogP contribution in [0.25, 0.3) is 0 Å². The maximum atomic E-state index is 13.2. The first-order chi connectivity index (χ1) is 12.1. The summed E-state index contributed by atoms with van der Waals surface area (Å²) < 4.78 is 13.2. The van der Waals surface area contributed by atoms with Crippen LogP contribution in [0.1, 0.15) is 48.3 Å². The molecule has 2 amide bonds. The van der Waals surface area contributed by atoms with Crippen molar-refractivity contribution in [3.63, 3.8) is 0 Å². The second-order valence-corrected chi connectivity index (χ2v) is 7.44. The van der Waals surface area contributed by atoms with Crippen LogP contribution in [0.4, 0.5) is 9.18 Å². The molecule has 25 heavy (non-hydrogen) atoms. The Balaban J connectivity index is 1.56. The lowest BCUT2D eigenvalue weighted by atomic mass is 9.97. The van der Waals surface area contributed by atoms with Gasteiger partial charge in [0.05, 0.1) is 12.1 Å². The summed E-state index contributed by atoms with van der Waals surface area (Å²) in [6.45, 7) is 0.0388. The summed E-state index contributed by atoms with van der Waals surface area (Å²) >= 11 is 1.65. The van der Waals surface area contributed by atoms with Crippen molar-refractivity contribution < 1.29 is 14.3 Å². The quantitative estimate of drug-likeness (QED) is 0.723. The summed E-state index contributed by atoms with van der Waals surface area (Å²) in [7, 11) is 0. The molecule has 6 heteroatoms. The molecule has 1 aromatic heterocycles. The van der Waals surface area contributed by atoms with Gasteiger partial charge in [0.15, 0.2) is 0 Å². The minimum Gasteiger partial charge on any atom is -0.387 e. The highest BCUT2D eigenvalue weighted by Gasteiger charge is 2.28. The molecule has 0 saturated heterocycles. The Bertz CT molecular complexity index is 686. The van der Waals surface area contributed by atoms with Crippen molar-refractivity contribution in [2.45, 2.75) is 37.8 Å². The van der Waals surface area contributed by atoms with Gasteiger partial charge in [0.2, 0.25) is 0 Å². The number of benzene rings is 1. The van der Waals surface area contributed by atoms with Gasteiger partial charge in [0.1, 0.15) is 5.82 Å². The van der Waals surface area contributed by atoms with Crippen molar-refractivity contribution in [2.24, 2.45) is 5.92 Å². The van der Waals surface area contributed by atoms with Gasteiger partial charge in [-0.25, -0.2) is 9.18 Å². The Morgan fingerprint density at radius 1 is 1.28 bits per heavy atom. The van der Waals surface area contributed by atoms with Gasteiger partial charge in [-0.15, -0.1) is 11.3 Å². The van der Waals surface area contributed by atoms with E-state index in [1.54, 1.807) is 23.5 Å². The van der Waals surface area contributed by atoms with Crippen LogP contribution in [0.15, 0.2) is 41.8 Å². The van der Waals surface area contributed by atoms with E-state index in [2.05, 4.69) is 16.7 Å². The Labute approximate surface area is 151 Å². The number of hydrogen-bond acceptors (Lipinski definition) is 3. The minimum absolute atomic E-state index is 0.00816. The Morgan fingerprint density at radius 3 is 2.76 bits per heavy atom. The van der Waals surface area contributed by atoms with Crippen molar-refractivity contribution in [3.05, 3.63) is 58.0 Å². The van der Waals surface area contributed by atoms with E-state index in [-0.39, 0.29) is 18.6 Å². The zero-order valence-electron chi connectivity index (χ0n) is 14.0. The van der Waals surface area contributed by atoms with E-state index in [0.717, 1.165) is 17.7 Å². The Kier molecular flexibility index (Phi) is 6.04. The number of halogens is 1. The molecular formula is C19H23FN2O2S. The van der Waals surface area contributed by atoms with Crippen molar-refractivity contribution in [3.8, 4) is 0 Å². The molecule has 0 aliphatic heterocycles. The highest BCUT2D eigenvalue weighted by Crippen LogP contribution is 2.37. The first-order valence-corrected chi connectivity index (χ1v) is 9.53. The van der Waals surface area contributed by atoms with Crippen LogP contribution < -0.4 is 10.6 Å². The Hall–Kier alpha value is -1.92. The van der Waals surface area contributed by atoms with Crippen molar-refractivity contribution >= 4 is 17.4 Å². The lowest BCUT2D eigenvalue weighted by molar-refractivity contribution is 0.171. The number of urea groups is 1. The van der Waals surface area contributed by atoms with Gasteiger partial charge in [0, 0.05) is 11.4 Å². The summed E-state index contributed by atoms with van der Waals surface area (Å²) in [4.78, 5) is 13.5. The van der Waals surface area contributed by atoms with Crippen LogP contribution in [0.2, 0.25) is 0 Å². The smallest absolute Gasteiger partial charge is 0.315 e. The van der Waals surface area contributed by atoms with Gasteiger partial charge in [-0.3, -0.25) is 0 Å². The second kappa shape index (κ2) is 8.45. The number of aliphatic hydroxyl groups is 1. The fourth-order valence-corrected chi connectivity index (χ4v) is 4.26. The van der Waals surface area contributed by atoms with Crippen molar-refractivity contribution in [1.29, 1.82) is 0 Å². The molecule has 134 valence electrons. The third kappa shape index (κ3) is 4.80. The summed E-state index contributed by atoms with van der Waals surface area (Å²) in [5.41, 5.74) is 0.450. The summed E-state index contributed by atoms with van der Waals surface area (Å²) in [5.74, 6) is 0.0533. The van der Waals surface area contributed by atoms with Gasteiger partial charge >= 0.3 is 6.03 Å². The molecule has 2 atom stereocenters. The van der Waals surface area contributed by atoms with Gasteiger partial charge in [-0.2, -0.15) is 0 Å². The van der Waals surface area contributed by atoms with E-state index in [1.807, 2.05) is 11.4 Å². The van der Waals surface area contributed by atoms with E-state index >= 15 is 0 Å². The number of carbonyl (C=O) groups is 1. The molecule has 3 N–H and O–H groups in total. The molecule has 1 aliphatic rings. The molecule has 3 rings (SSSR count). The van der Waals surface area contributed by atoms with Gasteiger partial charge < -0.3 is 15.7 Å². The van der Waals surface area contributed by atoms with Crippen LogP contribution in [0, 0.1) is 11.7 Å². The largest absolute Gasteiger partial charge is 0.387 e. The highest BCUT2D eigenvalue weighted by atomic mass is 32.1. The summed E-state index contributed by atoms with van der Waals surface area (Å²) in [5, 5.41) is 17.9. The van der Waals surface area contributed by atoms with Crippen LogP contribution in [0.3, 0.4) is 0 Å². The van der Waals surface area contributed by atoms with Crippen LogP contribution in [0.5, 0.6) is 0 Å². The average molecular weight is 362 g/mol. The fraction of sp³-hybridized carbons (Fsp3) is 0.421. The normalized spacial score (nSPS) is 17.2. The van der Waals surface area contributed by atoms with Crippen LogP contribution >= 0.6 is 11.3 Å². The second-order valence-electron chi connectivity index (χ2n) is 6.46. The first-order valence-electron chi connectivity index (χ1n) is 8.65. The number of aliphatic hydroxyl groups excluding tert-OH is 1. The molecule has 1 saturated carbocycles. The number of carbonyl (C=O) groups excluding carboxylic acids is 1. The van der Waals surface area contributed by atoms with E-state index in [4.69, 9.17) is 0 Å². The first kappa shape index (κ1) is 17.9. The molecule has 1 aliphatic carbocycles. The SMILES string of the molecule is O=C(NCC(O)c1cccc(F)c1)NC(c1cccs1)C1CCCC1. The third-order valence-electron chi connectivity index (χ3n) is 4.70. The summed E-state index contributed by atoms with van der Waals surface area (Å²) in [6, 6.07) is 9.53. The summed E-state index contributed by atoms with van der Waals surface area (Å²) in [6.07, 6.45) is 3.71. The van der Waals surface area contributed by atoms with E-state index < -0.39 is 11.9 Å². The zero-order chi connectivity index (χ0) is 17.6. The van der Waals surface area contributed by atoms with Crippen LogP contribution in [-0.4, -0.2) is 17.7 Å². The van der Waals surface area contributed by atoms with Gasteiger partial charge in [-0.05, 0) is 47.9 Å². The lowest BCUT2D eigenvalue weighted by Gasteiger charge is -2.24. The standard InChI is InChI=1S/C19H23FN2O2S/c20-15-8-3-7-14(11-15)16(23)12-21-19(24)22-18(13-5-1-2-6-13)17-9-4-10-25-17/h3-4,7-11,13,16,18,23H,1-2,5-6,12H2,(H2,21,22,24). The molecule has 0 radical (unpaired) electrons. The topological polar surface area (TPSA) is 61.4 Å². The average Bonchev–Trinajstić information content (AvgIpc) is 3.31. The third-order valence-corrected chi connectivity index (χ3v) is 5.65. The molecule has 0 bridgehead atoms. The van der Waals surface area contributed by atoms with E-state index in [9.17, 15) is 14.3 Å². The molecule has 0 spiro atoms. The minimum atomic E-state index is -0.937. The molecule has 1 aromatic carbocycles. The maximum absolute atomic E-state index is 13.2. The monoisotopic (exact) mass is 362 g/mol. The number of amides is 2. The molecule has 1 heterocycles. The number of rotatable bonds is 6. The molecular weight excluding hydrogens is 339 g/mol. The Morgan fingerprint density at radius 2 is 2.08 bits per heavy atom. The van der Waals surface area contributed by atoms with Crippen molar-refractivity contribution in [1.82, 2.24) is 10.6 Å². The molecule has 2 unspecified atom stereocenters. The molecule has 2 aromatic rings. The van der Waals surface area contributed by atoms with Crippen molar-refractivity contribution in [2.75, 3.05) is 6.54 Å². The van der Waals surface area contributed by atoms with Crippen LogP contribution in [-0.2, 0) is 0 Å². The number of hydrogen-bond donors (Lipinski definition) is 3. The highest BCUT2D eigenvalue weighted by molar-refractivity contribution is 7.10. The maximum Gasteiger partial charge on any atom is 0.315 e. The molecule has 4 nitrogen and oxygen atoms in total. The zero-order valence-corrected chi connectivity index (χ0v) is 14.8. The lowest BCUT2D eigenvalue weighted by Crippen LogP contribution is -2.41. The fourth-order valence-electron chi connectivity index (χ4n) is 3.39. The number of thiophene rings is 1. The molecule has 1 fully saturated rings. The van der Waals surface area contributed by atoms with Gasteiger partial charge in [-0.1, -0.05) is 31.0 Å². The van der Waals surface area contributed by atoms with E-state index in [1.165, 1.54) is 25.0 Å².